The molecule has 1 saturated heterocycles. The second-order valence-electron chi connectivity index (χ2n) is 8.99. The highest BCUT2D eigenvalue weighted by atomic mass is 32.2. The lowest BCUT2D eigenvalue weighted by molar-refractivity contribution is 0.0256. The minimum Gasteiger partial charge on any atom is -0.350 e. The molecule has 3 rings (SSSR count). The van der Waals surface area contributed by atoms with E-state index in [4.69, 9.17) is 0 Å². The van der Waals surface area contributed by atoms with Crippen LogP contribution in [0.2, 0.25) is 0 Å². The third-order valence-corrected chi connectivity index (χ3v) is 7.97. The SMILES string of the molecule is CCCSN1CCN(C2(CNC(=O)c3c(C)cc(C)cc3C)CCCCC2)CC1. The third kappa shape index (κ3) is 5.56. The highest BCUT2D eigenvalue weighted by molar-refractivity contribution is 7.97. The molecule has 1 aromatic rings. The summed E-state index contributed by atoms with van der Waals surface area (Å²) in [7, 11) is 0. The molecule has 0 bridgehead atoms. The summed E-state index contributed by atoms with van der Waals surface area (Å²) in [5.41, 5.74) is 4.39. The van der Waals surface area contributed by atoms with E-state index in [0.717, 1.165) is 49.4 Å². The van der Waals surface area contributed by atoms with Crippen molar-refractivity contribution in [3.63, 3.8) is 0 Å². The van der Waals surface area contributed by atoms with E-state index in [2.05, 4.69) is 54.3 Å². The van der Waals surface area contributed by atoms with Gasteiger partial charge in [0.1, 0.15) is 0 Å². The molecule has 0 unspecified atom stereocenters. The van der Waals surface area contributed by atoms with Crippen LogP contribution in [0.5, 0.6) is 0 Å². The molecule has 1 aliphatic carbocycles. The molecule has 4 nitrogen and oxygen atoms in total. The van der Waals surface area contributed by atoms with Crippen molar-refractivity contribution in [2.24, 2.45) is 0 Å². The number of hydrogen-bond donors (Lipinski definition) is 1. The van der Waals surface area contributed by atoms with Gasteiger partial charge in [-0.25, -0.2) is 4.31 Å². The van der Waals surface area contributed by atoms with Crippen molar-refractivity contribution in [2.45, 2.75) is 71.8 Å². The first-order valence-corrected chi connectivity index (χ1v) is 12.4. The summed E-state index contributed by atoms with van der Waals surface area (Å²) in [4.78, 5) is 15.8. The zero-order valence-corrected chi connectivity index (χ0v) is 19.7. The lowest BCUT2D eigenvalue weighted by Gasteiger charge is -2.49. The maximum atomic E-state index is 13.1. The monoisotopic (exact) mass is 417 g/mol. The van der Waals surface area contributed by atoms with Crippen LogP contribution in [0.15, 0.2) is 12.1 Å². The fourth-order valence-corrected chi connectivity index (χ4v) is 6.06. The summed E-state index contributed by atoms with van der Waals surface area (Å²) in [5, 5.41) is 3.35. The van der Waals surface area contributed by atoms with Crippen LogP contribution in [0.25, 0.3) is 0 Å². The topological polar surface area (TPSA) is 35.6 Å². The molecule has 0 spiro atoms. The average Bonchev–Trinajstić information content (AvgIpc) is 2.71. The summed E-state index contributed by atoms with van der Waals surface area (Å²) >= 11 is 2.00. The van der Waals surface area contributed by atoms with E-state index in [1.54, 1.807) is 0 Å². The molecule has 0 aromatic heterocycles. The predicted molar refractivity (Wildman–Crippen MR) is 125 cm³/mol. The Labute approximate surface area is 181 Å². The van der Waals surface area contributed by atoms with Gasteiger partial charge in [0.25, 0.3) is 5.91 Å². The van der Waals surface area contributed by atoms with E-state index in [-0.39, 0.29) is 11.4 Å². The highest BCUT2D eigenvalue weighted by Gasteiger charge is 2.39. The number of piperazine rings is 1. The molecule has 0 atom stereocenters. The number of amides is 1. The first kappa shape index (κ1) is 22.6. The summed E-state index contributed by atoms with van der Waals surface area (Å²) in [6.07, 6.45) is 7.55. The normalized spacial score (nSPS) is 20.6. The van der Waals surface area contributed by atoms with E-state index < -0.39 is 0 Å². The molecule has 1 N–H and O–H groups in total. The number of aryl methyl sites for hydroxylation is 3. The maximum Gasteiger partial charge on any atom is 0.251 e. The van der Waals surface area contributed by atoms with Crippen LogP contribution in [-0.4, -0.2) is 59.1 Å². The van der Waals surface area contributed by atoms with Gasteiger partial charge in [-0.05, 0) is 51.2 Å². The van der Waals surface area contributed by atoms with E-state index >= 15 is 0 Å². The summed E-state index contributed by atoms with van der Waals surface area (Å²) in [6.45, 7) is 13.7. The van der Waals surface area contributed by atoms with Crippen LogP contribution < -0.4 is 5.32 Å². The van der Waals surface area contributed by atoms with Crippen molar-refractivity contribution >= 4 is 17.9 Å². The maximum absolute atomic E-state index is 13.1. The first-order chi connectivity index (χ1) is 13.9. The van der Waals surface area contributed by atoms with Crippen molar-refractivity contribution in [2.75, 3.05) is 38.5 Å². The molecule has 1 aromatic carbocycles. The van der Waals surface area contributed by atoms with E-state index in [1.807, 2.05) is 11.9 Å². The minimum atomic E-state index is 0.0992. The second-order valence-corrected chi connectivity index (χ2v) is 10.2. The van der Waals surface area contributed by atoms with Gasteiger partial charge in [0.2, 0.25) is 0 Å². The molecule has 1 amide bonds. The molecule has 1 heterocycles. The number of carbonyl (C=O) groups excluding carboxylic acids is 1. The Morgan fingerprint density at radius 1 is 1.03 bits per heavy atom. The summed E-state index contributed by atoms with van der Waals surface area (Å²) < 4.78 is 2.54. The van der Waals surface area contributed by atoms with Gasteiger partial charge in [-0.3, -0.25) is 9.69 Å². The fraction of sp³-hybridized carbons (Fsp3) is 0.708. The van der Waals surface area contributed by atoms with Gasteiger partial charge >= 0.3 is 0 Å². The molecule has 5 heteroatoms. The zero-order chi connectivity index (χ0) is 20.9. The highest BCUT2D eigenvalue weighted by Crippen LogP contribution is 2.35. The number of hydrogen-bond acceptors (Lipinski definition) is 4. The van der Waals surface area contributed by atoms with Gasteiger partial charge in [0, 0.05) is 49.6 Å². The number of benzene rings is 1. The van der Waals surface area contributed by atoms with Crippen LogP contribution >= 0.6 is 11.9 Å². The van der Waals surface area contributed by atoms with Crippen molar-refractivity contribution in [1.82, 2.24) is 14.5 Å². The minimum absolute atomic E-state index is 0.0992. The van der Waals surface area contributed by atoms with Gasteiger partial charge in [-0.1, -0.05) is 55.8 Å². The quantitative estimate of drug-likeness (QED) is 0.651. The van der Waals surface area contributed by atoms with Crippen molar-refractivity contribution in [1.29, 1.82) is 0 Å². The number of nitrogens with zero attached hydrogens (tertiary/aromatic N) is 2. The fourth-order valence-electron chi connectivity index (χ4n) is 5.20. The second kappa shape index (κ2) is 10.3. The Balaban J connectivity index is 1.66. The van der Waals surface area contributed by atoms with Crippen molar-refractivity contribution < 1.29 is 4.79 Å². The lowest BCUT2D eigenvalue weighted by atomic mass is 9.79. The summed E-state index contributed by atoms with van der Waals surface area (Å²) in [5.74, 6) is 1.32. The van der Waals surface area contributed by atoms with Gasteiger partial charge in [0.15, 0.2) is 0 Å². The van der Waals surface area contributed by atoms with E-state index in [0.29, 0.717) is 0 Å². The van der Waals surface area contributed by atoms with Crippen LogP contribution in [0.3, 0.4) is 0 Å². The largest absolute Gasteiger partial charge is 0.350 e. The molecule has 1 saturated carbocycles. The molecule has 0 radical (unpaired) electrons. The van der Waals surface area contributed by atoms with Crippen LogP contribution in [0.1, 0.15) is 72.5 Å². The number of carbonyl (C=O) groups is 1. The van der Waals surface area contributed by atoms with Crippen LogP contribution in [0, 0.1) is 20.8 Å². The molecular weight excluding hydrogens is 378 g/mol. The molecule has 2 fully saturated rings. The van der Waals surface area contributed by atoms with Gasteiger partial charge in [0.05, 0.1) is 0 Å². The smallest absolute Gasteiger partial charge is 0.251 e. The Hall–Kier alpha value is -1.04. The molecule has 162 valence electrons. The average molecular weight is 418 g/mol. The third-order valence-electron chi connectivity index (χ3n) is 6.65. The van der Waals surface area contributed by atoms with Crippen LogP contribution in [-0.2, 0) is 0 Å². The lowest BCUT2D eigenvalue weighted by Crippen LogP contribution is -2.61. The van der Waals surface area contributed by atoms with Crippen molar-refractivity contribution in [3.8, 4) is 0 Å². The molecule has 29 heavy (non-hydrogen) atoms. The van der Waals surface area contributed by atoms with Gasteiger partial charge in [-0.15, -0.1) is 0 Å². The first-order valence-electron chi connectivity index (χ1n) is 11.4. The van der Waals surface area contributed by atoms with E-state index in [1.165, 1.54) is 49.8 Å². The molecular formula is C24H39N3OS. The standard InChI is InChI=1S/C24H39N3OS/c1-5-15-29-27-13-11-26(12-14-27)24(9-7-6-8-10-24)18-25-23(28)22-20(3)16-19(2)17-21(22)4/h16-17H,5-15,18H2,1-4H3,(H,25,28). The van der Waals surface area contributed by atoms with Gasteiger partial charge < -0.3 is 5.32 Å². The Kier molecular flexibility index (Phi) is 8.06. The summed E-state index contributed by atoms with van der Waals surface area (Å²) in [6, 6.07) is 4.23. The van der Waals surface area contributed by atoms with Gasteiger partial charge in [-0.2, -0.15) is 0 Å². The number of nitrogens with one attached hydrogen (secondary N) is 1. The predicted octanol–water partition coefficient (Wildman–Crippen LogP) is 4.72. The number of rotatable bonds is 7. The van der Waals surface area contributed by atoms with Crippen molar-refractivity contribution in [3.05, 3.63) is 34.4 Å². The zero-order valence-electron chi connectivity index (χ0n) is 18.9. The Bertz CT molecular complexity index is 668. The van der Waals surface area contributed by atoms with E-state index in [9.17, 15) is 4.79 Å². The Morgan fingerprint density at radius 2 is 1.66 bits per heavy atom. The molecule has 2 aliphatic rings. The Morgan fingerprint density at radius 3 is 2.24 bits per heavy atom. The molecule has 1 aliphatic heterocycles. The van der Waals surface area contributed by atoms with Crippen LogP contribution in [0.4, 0.5) is 0 Å².